The minimum absolute atomic E-state index is 0.197. The van der Waals surface area contributed by atoms with Gasteiger partial charge in [0.05, 0.1) is 25.9 Å². The predicted molar refractivity (Wildman–Crippen MR) is 116 cm³/mol. The molecule has 0 spiro atoms. The fourth-order valence-electron chi connectivity index (χ4n) is 5.19. The average molecular weight is 448 g/mol. The molecule has 3 N–H and O–H groups in total. The summed E-state index contributed by atoms with van der Waals surface area (Å²) in [5, 5.41) is 13.3. The molecule has 2 aliphatic carbocycles. The van der Waals surface area contributed by atoms with Gasteiger partial charge in [0.25, 0.3) is 0 Å². The Morgan fingerprint density at radius 2 is 1.45 bits per heavy atom. The molecular weight excluding hydrogens is 422 g/mol. The molecule has 2 atom stereocenters. The summed E-state index contributed by atoms with van der Waals surface area (Å²) in [6.45, 7) is 0. The van der Waals surface area contributed by atoms with Crippen molar-refractivity contribution in [3.63, 3.8) is 0 Å². The minimum atomic E-state index is -4.67. The highest BCUT2D eigenvalue weighted by Crippen LogP contribution is 2.47. The van der Waals surface area contributed by atoms with E-state index in [1.54, 1.807) is 20.4 Å². The molecule has 0 amide bonds. The van der Waals surface area contributed by atoms with E-state index in [0.717, 1.165) is 46.7 Å². The Bertz CT molecular complexity index is 1250. The summed E-state index contributed by atoms with van der Waals surface area (Å²) in [6, 6.07) is 5.96. The molecule has 9 heteroatoms. The third kappa shape index (κ3) is 4.26. The quantitative estimate of drug-likeness (QED) is 0.398. The van der Waals surface area contributed by atoms with Crippen LogP contribution in [-0.2, 0) is 23.2 Å². The van der Waals surface area contributed by atoms with E-state index in [2.05, 4.69) is 11.1 Å². The number of aromatic nitrogens is 1. The second-order valence-electron chi connectivity index (χ2n) is 8.11. The van der Waals surface area contributed by atoms with Crippen LogP contribution in [-0.4, -0.2) is 41.8 Å². The monoisotopic (exact) mass is 447 g/mol. The van der Waals surface area contributed by atoms with Crippen LogP contribution in [0.4, 0.5) is 0 Å². The number of ether oxygens (including phenoxy) is 2. The van der Waals surface area contributed by atoms with Gasteiger partial charge in [-0.3, -0.25) is 14.1 Å². The standard InChI is InChI=1S/C22H23NO3.H2O4S/c1-25-20-9-16-15-6-12-4-3-5-13(12)7-18(15)22-19(8-14(24)11-23-22)17(16)10-21(20)26-2;1-5(2,3)4/h8-13,24H,3-7H2,1-2H3;(H2,1,2,3,4). The van der Waals surface area contributed by atoms with Crippen LogP contribution >= 0.6 is 0 Å². The first-order valence-electron chi connectivity index (χ1n) is 10.1. The van der Waals surface area contributed by atoms with Crippen molar-refractivity contribution >= 4 is 32.1 Å². The maximum atomic E-state index is 10.1. The van der Waals surface area contributed by atoms with Gasteiger partial charge < -0.3 is 14.6 Å². The van der Waals surface area contributed by atoms with Crippen LogP contribution in [0.2, 0.25) is 0 Å². The number of nitrogens with zero attached hydrogens (tertiary/aromatic N) is 1. The maximum Gasteiger partial charge on any atom is 0.394 e. The Labute approximate surface area is 180 Å². The summed E-state index contributed by atoms with van der Waals surface area (Å²) >= 11 is 0. The summed E-state index contributed by atoms with van der Waals surface area (Å²) in [7, 11) is -1.33. The Morgan fingerprint density at radius 1 is 0.903 bits per heavy atom. The van der Waals surface area contributed by atoms with Crippen molar-refractivity contribution in [2.24, 2.45) is 11.8 Å². The lowest BCUT2D eigenvalue weighted by Gasteiger charge is -2.30. The molecule has 2 aromatic carbocycles. The number of fused-ring (bicyclic) bond motifs is 7. The Kier molecular flexibility index (Phi) is 5.67. The normalized spacial score (nSPS) is 20.0. The molecule has 1 aromatic heterocycles. The predicted octanol–water partition coefficient (Wildman–Crippen LogP) is 3.97. The van der Waals surface area contributed by atoms with E-state index in [-0.39, 0.29) is 5.75 Å². The van der Waals surface area contributed by atoms with Crippen molar-refractivity contribution < 1.29 is 32.1 Å². The van der Waals surface area contributed by atoms with E-state index in [1.807, 2.05) is 12.1 Å². The Hall–Kier alpha value is -2.62. The van der Waals surface area contributed by atoms with E-state index in [4.69, 9.17) is 27.0 Å². The fraction of sp³-hybridized carbons (Fsp3) is 0.409. The smallest absolute Gasteiger partial charge is 0.394 e. The summed E-state index contributed by atoms with van der Waals surface area (Å²) < 4.78 is 42.7. The first-order valence-corrected chi connectivity index (χ1v) is 11.5. The zero-order chi connectivity index (χ0) is 22.3. The molecule has 1 fully saturated rings. The molecule has 31 heavy (non-hydrogen) atoms. The topological polar surface area (TPSA) is 126 Å². The Morgan fingerprint density at radius 3 is 2.03 bits per heavy atom. The van der Waals surface area contributed by atoms with E-state index in [0.29, 0.717) is 5.75 Å². The zero-order valence-corrected chi connectivity index (χ0v) is 18.1. The summed E-state index contributed by atoms with van der Waals surface area (Å²) in [5.41, 5.74) is 3.81. The van der Waals surface area contributed by atoms with E-state index < -0.39 is 10.4 Å². The van der Waals surface area contributed by atoms with Gasteiger partial charge in [-0.2, -0.15) is 8.42 Å². The Balaban J connectivity index is 0.000000418. The molecule has 0 aliphatic heterocycles. The third-order valence-corrected chi connectivity index (χ3v) is 6.41. The van der Waals surface area contributed by atoms with Crippen LogP contribution in [0.1, 0.15) is 30.4 Å². The van der Waals surface area contributed by atoms with Gasteiger partial charge in [-0.25, -0.2) is 0 Å². The van der Waals surface area contributed by atoms with Crippen molar-refractivity contribution in [3.05, 3.63) is 35.5 Å². The van der Waals surface area contributed by atoms with Crippen LogP contribution < -0.4 is 9.47 Å². The zero-order valence-electron chi connectivity index (χ0n) is 17.3. The lowest BCUT2D eigenvalue weighted by molar-refractivity contribution is 0.355. The van der Waals surface area contributed by atoms with E-state index in [1.165, 1.54) is 35.8 Å². The molecular formula is C22H25NO7S. The molecule has 2 aliphatic rings. The van der Waals surface area contributed by atoms with Crippen LogP contribution in [0.5, 0.6) is 17.2 Å². The molecule has 166 valence electrons. The third-order valence-electron chi connectivity index (χ3n) is 6.41. The molecule has 1 heterocycles. The fourth-order valence-corrected chi connectivity index (χ4v) is 5.19. The van der Waals surface area contributed by atoms with Crippen LogP contribution in [0.3, 0.4) is 0 Å². The van der Waals surface area contributed by atoms with Gasteiger partial charge in [0, 0.05) is 5.39 Å². The molecule has 5 rings (SSSR count). The highest BCUT2D eigenvalue weighted by Gasteiger charge is 2.34. The van der Waals surface area contributed by atoms with Crippen LogP contribution in [0, 0.1) is 11.8 Å². The first-order chi connectivity index (χ1) is 14.7. The maximum absolute atomic E-state index is 10.1. The number of rotatable bonds is 2. The van der Waals surface area contributed by atoms with Gasteiger partial charge in [-0.15, -0.1) is 0 Å². The lowest BCUT2D eigenvalue weighted by atomic mass is 9.75. The van der Waals surface area contributed by atoms with Gasteiger partial charge >= 0.3 is 10.4 Å². The van der Waals surface area contributed by atoms with Gasteiger partial charge in [0.1, 0.15) is 5.75 Å². The molecule has 3 aromatic rings. The van der Waals surface area contributed by atoms with Crippen LogP contribution in [0.15, 0.2) is 24.4 Å². The van der Waals surface area contributed by atoms with Gasteiger partial charge in [0.2, 0.25) is 0 Å². The summed E-state index contributed by atoms with van der Waals surface area (Å²) in [4.78, 5) is 4.63. The minimum Gasteiger partial charge on any atom is -0.506 e. The number of hydrogen-bond donors (Lipinski definition) is 3. The summed E-state index contributed by atoms with van der Waals surface area (Å²) in [5.74, 6) is 3.22. The second kappa shape index (κ2) is 8.14. The SMILES string of the molecule is COc1cc2c3c(c4ncc(O)cc4c2cc1OC)CC1CCCC1C3.O=S(=O)(O)O. The summed E-state index contributed by atoms with van der Waals surface area (Å²) in [6.07, 6.45) is 7.77. The average Bonchev–Trinajstić information content (AvgIpc) is 3.17. The molecule has 0 saturated heterocycles. The number of methoxy groups -OCH3 is 2. The molecule has 0 bridgehead atoms. The van der Waals surface area contributed by atoms with Crippen molar-refractivity contribution in [1.29, 1.82) is 0 Å². The number of aromatic hydroxyl groups is 1. The van der Waals surface area contributed by atoms with Gasteiger partial charge in [-0.05, 0) is 77.6 Å². The number of pyridine rings is 1. The molecule has 8 nitrogen and oxygen atoms in total. The highest BCUT2D eigenvalue weighted by atomic mass is 32.3. The van der Waals surface area contributed by atoms with Crippen LogP contribution in [0.25, 0.3) is 21.7 Å². The lowest BCUT2D eigenvalue weighted by Crippen LogP contribution is -2.21. The van der Waals surface area contributed by atoms with Crippen molar-refractivity contribution in [3.8, 4) is 17.2 Å². The molecule has 0 radical (unpaired) electrons. The van der Waals surface area contributed by atoms with Crippen molar-refractivity contribution in [2.45, 2.75) is 32.1 Å². The van der Waals surface area contributed by atoms with Gasteiger partial charge in [0.15, 0.2) is 11.5 Å². The molecule has 1 saturated carbocycles. The van der Waals surface area contributed by atoms with Gasteiger partial charge in [-0.1, -0.05) is 6.42 Å². The number of benzene rings is 2. The second-order valence-corrected chi connectivity index (χ2v) is 9.00. The highest BCUT2D eigenvalue weighted by molar-refractivity contribution is 7.79. The first kappa shape index (κ1) is 21.6. The molecule has 2 unspecified atom stereocenters. The van der Waals surface area contributed by atoms with Crippen molar-refractivity contribution in [2.75, 3.05) is 14.2 Å². The van der Waals surface area contributed by atoms with E-state index in [9.17, 15) is 5.11 Å². The van der Waals surface area contributed by atoms with Crippen molar-refractivity contribution in [1.82, 2.24) is 4.98 Å². The largest absolute Gasteiger partial charge is 0.506 e. The van der Waals surface area contributed by atoms with E-state index >= 15 is 0 Å². The number of hydrogen-bond acceptors (Lipinski definition) is 6.